The van der Waals surface area contributed by atoms with Crippen LogP contribution in [0.4, 0.5) is 17.1 Å². The molecule has 0 unspecified atom stereocenters. The first kappa shape index (κ1) is 46.1. The number of nitrogens with zero attached hydrogens (tertiary/aromatic N) is 2. The highest BCUT2D eigenvalue weighted by Crippen LogP contribution is 2.58. The number of hydrogen-bond acceptors (Lipinski definition) is 1. The molecule has 1 aliphatic rings. The predicted molar refractivity (Wildman–Crippen MR) is 332 cm³/mol. The van der Waals surface area contributed by atoms with Crippen LogP contribution in [0.5, 0.6) is 0 Å². The molecular weight excluding hydrogens is 953 g/mol. The normalized spacial score (nSPS) is 12.4. The summed E-state index contributed by atoms with van der Waals surface area (Å²) in [7, 11) is 0. The van der Waals surface area contributed by atoms with Crippen LogP contribution in [0.25, 0.3) is 93.9 Å². The third-order valence-electron chi connectivity index (χ3n) is 16.5. The molecule has 1 aromatic heterocycles. The van der Waals surface area contributed by atoms with Crippen LogP contribution < -0.4 is 4.90 Å². The van der Waals surface area contributed by atoms with Crippen LogP contribution in [0.15, 0.2) is 315 Å². The maximum Gasteiger partial charge on any atom is 0.0713 e. The summed E-state index contributed by atoms with van der Waals surface area (Å²) < 4.78 is 2.41. The first-order valence-corrected chi connectivity index (χ1v) is 27.3. The number of aromatic nitrogens is 1. The van der Waals surface area contributed by atoms with Crippen LogP contribution in [0.2, 0.25) is 0 Å². The molecule has 13 aromatic carbocycles. The molecule has 0 fully saturated rings. The number of fused-ring (bicyclic) bond motifs is 7. The van der Waals surface area contributed by atoms with Crippen molar-refractivity contribution in [3.05, 3.63) is 338 Å². The van der Waals surface area contributed by atoms with Crippen molar-refractivity contribution in [2.45, 2.75) is 5.41 Å². The molecule has 0 N–H and O–H groups in total. The Bertz CT molecular complexity index is 4530. The lowest BCUT2D eigenvalue weighted by atomic mass is 9.67. The van der Waals surface area contributed by atoms with Crippen LogP contribution in [0.3, 0.4) is 0 Å². The maximum absolute atomic E-state index is 2.51. The van der Waals surface area contributed by atoms with Gasteiger partial charge in [0, 0.05) is 33.3 Å². The van der Waals surface area contributed by atoms with Gasteiger partial charge in [0.2, 0.25) is 0 Å². The SMILES string of the molecule is c1ccc(-c2cccc3cccc(-c4ccccc4N(c4ccc(-c5cccc6c5-c5ccccc5C6(c5ccccc5)c5ccccc5)cc4)c4ccccc4-c4cccc5c4c4ccccc4n5-c4ccccc4)c23)cc1. The smallest absolute Gasteiger partial charge is 0.0713 e. The summed E-state index contributed by atoms with van der Waals surface area (Å²) in [4.78, 5) is 2.51. The fourth-order valence-electron chi connectivity index (χ4n) is 13.2. The Morgan fingerprint density at radius 3 is 1.41 bits per heavy atom. The maximum atomic E-state index is 2.51. The summed E-state index contributed by atoms with van der Waals surface area (Å²) in [5.74, 6) is 0. The van der Waals surface area contributed by atoms with Crippen molar-refractivity contribution >= 4 is 49.6 Å². The van der Waals surface area contributed by atoms with Crippen LogP contribution >= 0.6 is 0 Å². The molecule has 0 bridgehead atoms. The molecule has 370 valence electrons. The van der Waals surface area contributed by atoms with E-state index in [1.807, 2.05) is 0 Å². The molecule has 1 aliphatic carbocycles. The molecule has 0 saturated heterocycles. The van der Waals surface area contributed by atoms with Crippen LogP contribution in [-0.2, 0) is 5.41 Å². The van der Waals surface area contributed by atoms with E-state index in [9.17, 15) is 0 Å². The Balaban J connectivity index is 0.961. The van der Waals surface area contributed by atoms with Gasteiger partial charge in [-0.05, 0) is 126 Å². The van der Waals surface area contributed by atoms with Crippen molar-refractivity contribution in [2.75, 3.05) is 4.90 Å². The van der Waals surface area contributed by atoms with Gasteiger partial charge in [-0.3, -0.25) is 0 Å². The van der Waals surface area contributed by atoms with Crippen molar-refractivity contribution in [3.63, 3.8) is 0 Å². The quantitative estimate of drug-likeness (QED) is 0.133. The molecule has 14 aromatic rings. The Morgan fingerprint density at radius 1 is 0.278 bits per heavy atom. The van der Waals surface area contributed by atoms with Crippen molar-refractivity contribution < 1.29 is 0 Å². The minimum atomic E-state index is -0.493. The Morgan fingerprint density at radius 2 is 0.734 bits per heavy atom. The molecule has 0 radical (unpaired) electrons. The van der Waals surface area contributed by atoms with E-state index in [4.69, 9.17) is 0 Å². The van der Waals surface area contributed by atoms with E-state index in [1.165, 1.54) is 93.8 Å². The summed E-state index contributed by atoms with van der Waals surface area (Å²) in [6.45, 7) is 0. The molecule has 2 heteroatoms. The van der Waals surface area contributed by atoms with Crippen LogP contribution in [0.1, 0.15) is 22.3 Å². The molecule has 0 saturated carbocycles. The summed E-state index contributed by atoms with van der Waals surface area (Å²) in [5.41, 5.74) is 23.3. The number of anilines is 3. The van der Waals surface area contributed by atoms with Gasteiger partial charge >= 0.3 is 0 Å². The van der Waals surface area contributed by atoms with Crippen LogP contribution in [-0.4, -0.2) is 4.57 Å². The molecule has 15 rings (SSSR count). The Kier molecular flexibility index (Phi) is 11.1. The summed E-state index contributed by atoms with van der Waals surface area (Å²) >= 11 is 0. The van der Waals surface area contributed by atoms with Crippen LogP contribution in [0, 0.1) is 0 Å². The monoisotopic (exact) mass is 1000 g/mol. The van der Waals surface area contributed by atoms with Crippen molar-refractivity contribution in [3.8, 4) is 61.3 Å². The number of rotatable bonds is 10. The third kappa shape index (κ3) is 7.33. The molecule has 2 nitrogen and oxygen atoms in total. The van der Waals surface area contributed by atoms with Gasteiger partial charge in [0.05, 0.1) is 27.8 Å². The lowest BCUT2D eigenvalue weighted by Crippen LogP contribution is -2.28. The van der Waals surface area contributed by atoms with Gasteiger partial charge in [-0.1, -0.05) is 267 Å². The van der Waals surface area contributed by atoms with E-state index in [2.05, 4.69) is 325 Å². The predicted octanol–water partition coefficient (Wildman–Crippen LogP) is 20.4. The van der Waals surface area contributed by atoms with Crippen molar-refractivity contribution in [1.82, 2.24) is 4.57 Å². The van der Waals surface area contributed by atoms with Gasteiger partial charge < -0.3 is 9.47 Å². The zero-order valence-electron chi connectivity index (χ0n) is 43.4. The largest absolute Gasteiger partial charge is 0.309 e. The second-order valence-electron chi connectivity index (χ2n) is 20.6. The van der Waals surface area contributed by atoms with Gasteiger partial charge in [-0.15, -0.1) is 0 Å². The number of hydrogen-bond donors (Lipinski definition) is 0. The van der Waals surface area contributed by atoms with Gasteiger partial charge in [0.25, 0.3) is 0 Å². The highest BCUT2D eigenvalue weighted by Gasteiger charge is 2.46. The molecule has 79 heavy (non-hydrogen) atoms. The lowest BCUT2D eigenvalue weighted by molar-refractivity contribution is 0.768. The standard InChI is InChI=1S/C77H52N2/c1-5-25-53(26-6-1)60-39-21-27-55-28-22-41-64(74(55)60)62-35-14-18-45-70(62)78(71-46-19-15-36-63(71)65-42-24-48-73-76(65)67-38-16-20-47-72(67)79(73)58-33-11-4-12-34-58)59-51-49-54(50-52-59)61-40-23-44-69-75(61)66-37-13-17-43-68(66)77(69,56-29-7-2-8-30-56)57-31-9-3-10-32-57/h1-52H. The van der Waals surface area contributed by atoms with E-state index in [0.717, 1.165) is 39.4 Å². The van der Waals surface area contributed by atoms with Gasteiger partial charge in [-0.2, -0.15) is 0 Å². The van der Waals surface area contributed by atoms with Crippen molar-refractivity contribution in [1.29, 1.82) is 0 Å². The summed E-state index contributed by atoms with van der Waals surface area (Å²) in [6.07, 6.45) is 0. The topological polar surface area (TPSA) is 8.17 Å². The fourth-order valence-corrected chi connectivity index (χ4v) is 13.2. The van der Waals surface area contributed by atoms with Gasteiger partial charge in [0.15, 0.2) is 0 Å². The average molecular weight is 1010 g/mol. The first-order chi connectivity index (χ1) is 39.3. The van der Waals surface area contributed by atoms with Gasteiger partial charge in [0.1, 0.15) is 0 Å². The second-order valence-corrected chi connectivity index (χ2v) is 20.6. The Hall–Kier alpha value is -10.3. The molecule has 0 amide bonds. The third-order valence-corrected chi connectivity index (χ3v) is 16.5. The van der Waals surface area contributed by atoms with E-state index in [-0.39, 0.29) is 0 Å². The fraction of sp³-hybridized carbons (Fsp3) is 0.0130. The van der Waals surface area contributed by atoms with E-state index in [1.54, 1.807) is 0 Å². The van der Waals surface area contributed by atoms with Gasteiger partial charge in [-0.25, -0.2) is 0 Å². The molecule has 1 heterocycles. The molecule has 0 aliphatic heterocycles. The minimum absolute atomic E-state index is 0.493. The minimum Gasteiger partial charge on any atom is -0.309 e. The Labute approximate surface area is 461 Å². The van der Waals surface area contributed by atoms with E-state index < -0.39 is 5.41 Å². The van der Waals surface area contributed by atoms with E-state index in [0.29, 0.717) is 0 Å². The highest BCUT2D eigenvalue weighted by atomic mass is 15.1. The summed E-state index contributed by atoms with van der Waals surface area (Å²) in [6, 6.07) is 116. The molecule has 0 atom stereocenters. The van der Waals surface area contributed by atoms with Crippen molar-refractivity contribution in [2.24, 2.45) is 0 Å². The number of para-hydroxylation sites is 4. The highest BCUT2D eigenvalue weighted by molar-refractivity contribution is 6.17. The molecular formula is C77H52N2. The average Bonchev–Trinajstić information content (AvgIpc) is 4.27. The lowest BCUT2D eigenvalue weighted by Gasteiger charge is -2.34. The first-order valence-electron chi connectivity index (χ1n) is 27.3. The second kappa shape index (κ2) is 19.1. The number of benzene rings is 13. The van der Waals surface area contributed by atoms with E-state index >= 15 is 0 Å². The zero-order chi connectivity index (χ0) is 52.3. The zero-order valence-corrected chi connectivity index (χ0v) is 43.4. The summed E-state index contributed by atoms with van der Waals surface area (Å²) in [5, 5.41) is 4.87. The molecule has 0 spiro atoms.